The maximum Gasteiger partial charge on any atom is 0.247 e. The third-order valence-corrected chi connectivity index (χ3v) is 9.72. The molecule has 0 unspecified atom stereocenters. The molecule has 4 aliphatic rings. The molecule has 2 aliphatic heterocycles. The van der Waals surface area contributed by atoms with Gasteiger partial charge >= 0.3 is 0 Å². The van der Waals surface area contributed by atoms with Crippen molar-refractivity contribution in [2.75, 3.05) is 23.7 Å². The lowest BCUT2D eigenvalue weighted by atomic mass is 10.0. The summed E-state index contributed by atoms with van der Waals surface area (Å²) in [6, 6.07) is 13.3. The zero-order valence-electron chi connectivity index (χ0n) is 25.5. The first-order valence-electron chi connectivity index (χ1n) is 15.8. The number of amides is 6. The molecule has 46 heavy (non-hydrogen) atoms. The molecule has 0 radical (unpaired) electrons. The van der Waals surface area contributed by atoms with Crippen LogP contribution in [0, 0.1) is 10.8 Å². The van der Waals surface area contributed by atoms with Gasteiger partial charge in [0.2, 0.25) is 35.4 Å². The van der Waals surface area contributed by atoms with E-state index in [9.17, 15) is 28.8 Å². The lowest BCUT2D eigenvalue weighted by Crippen LogP contribution is -2.49. The van der Waals surface area contributed by atoms with E-state index in [1.165, 1.54) is 9.80 Å². The summed E-state index contributed by atoms with van der Waals surface area (Å²) in [6.45, 7) is 0.865. The molecule has 12 nitrogen and oxygen atoms in total. The standard InChI is InChI=1S/C34H38N6O6/c35-29(43)33(15-16-33)31(45)39-19-1-3-25(39)27(41)37-23-11-7-21(8-12-23)5-6-22-9-13-24(14-10-22)38-28(42)26-4-2-20-40(26)32(46)34(17-18-34)30(36)44/h5-14,25-26H,1-4,15-20H2,(H2,35,43)(H2,36,44)(H,37,41)(H,38,42)/b6-5+/t25-,26-/m0/s1. The Balaban J connectivity index is 1.01. The van der Waals surface area contributed by atoms with E-state index in [-0.39, 0.29) is 23.6 Å². The Morgan fingerprint density at radius 3 is 1.26 bits per heavy atom. The molecule has 0 spiro atoms. The quantitative estimate of drug-likeness (QED) is 0.231. The van der Waals surface area contributed by atoms with Crippen LogP contribution in [-0.4, -0.2) is 70.4 Å². The van der Waals surface area contributed by atoms with Crippen LogP contribution in [0.15, 0.2) is 48.5 Å². The summed E-state index contributed by atoms with van der Waals surface area (Å²) in [5.41, 5.74) is 11.7. The number of rotatable bonds is 10. The molecule has 12 heteroatoms. The number of carbonyl (C=O) groups excluding carboxylic acids is 6. The van der Waals surface area contributed by atoms with Crippen molar-refractivity contribution in [2.24, 2.45) is 22.3 Å². The predicted octanol–water partition coefficient (Wildman–Crippen LogP) is 2.25. The number of benzene rings is 2. The summed E-state index contributed by atoms with van der Waals surface area (Å²) >= 11 is 0. The van der Waals surface area contributed by atoms with Crippen molar-refractivity contribution in [1.29, 1.82) is 0 Å². The highest BCUT2D eigenvalue weighted by Gasteiger charge is 2.59. The van der Waals surface area contributed by atoms with Gasteiger partial charge in [-0.2, -0.15) is 0 Å². The summed E-state index contributed by atoms with van der Waals surface area (Å²) in [6.07, 6.45) is 8.03. The third kappa shape index (κ3) is 5.86. The molecule has 4 fully saturated rings. The van der Waals surface area contributed by atoms with Crippen molar-refractivity contribution in [3.05, 3.63) is 59.7 Å². The normalized spacial score (nSPS) is 22.3. The molecule has 2 aromatic rings. The van der Waals surface area contributed by atoms with Gasteiger partial charge in [-0.3, -0.25) is 28.8 Å². The molecule has 6 amide bonds. The zero-order chi connectivity index (χ0) is 32.6. The van der Waals surface area contributed by atoms with Crippen molar-refractivity contribution in [3.8, 4) is 0 Å². The molecule has 0 bridgehead atoms. The van der Waals surface area contributed by atoms with E-state index in [0.717, 1.165) is 11.1 Å². The second-order valence-electron chi connectivity index (χ2n) is 12.8. The fourth-order valence-electron chi connectivity index (χ4n) is 6.49. The topological polar surface area (TPSA) is 185 Å². The highest BCUT2D eigenvalue weighted by Crippen LogP contribution is 2.49. The summed E-state index contributed by atoms with van der Waals surface area (Å²) in [5, 5.41) is 5.77. The minimum atomic E-state index is -1.14. The summed E-state index contributed by atoms with van der Waals surface area (Å²) in [7, 11) is 0. The van der Waals surface area contributed by atoms with Gasteiger partial charge in [-0.05, 0) is 86.8 Å². The number of carbonyl (C=O) groups is 6. The monoisotopic (exact) mass is 626 g/mol. The minimum absolute atomic E-state index is 0.286. The van der Waals surface area contributed by atoms with E-state index in [0.29, 0.717) is 75.8 Å². The van der Waals surface area contributed by atoms with Crippen LogP contribution in [0.2, 0.25) is 0 Å². The Hall–Kier alpha value is -5.00. The van der Waals surface area contributed by atoms with E-state index in [1.54, 1.807) is 24.3 Å². The molecular weight excluding hydrogens is 588 g/mol. The van der Waals surface area contributed by atoms with Gasteiger partial charge in [0.15, 0.2) is 0 Å². The first kappa shape index (κ1) is 31.0. The number of anilines is 2. The van der Waals surface area contributed by atoms with Crippen LogP contribution in [-0.2, 0) is 28.8 Å². The Morgan fingerprint density at radius 1 is 0.609 bits per heavy atom. The number of primary amides is 2. The lowest BCUT2D eigenvalue weighted by Gasteiger charge is -2.27. The Morgan fingerprint density at radius 2 is 0.957 bits per heavy atom. The van der Waals surface area contributed by atoms with Crippen LogP contribution in [0.25, 0.3) is 12.2 Å². The van der Waals surface area contributed by atoms with Gasteiger partial charge in [0.25, 0.3) is 0 Å². The molecule has 2 heterocycles. The number of nitrogens with two attached hydrogens (primary N) is 2. The molecule has 2 atom stereocenters. The minimum Gasteiger partial charge on any atom is -0.369 e. The average molecular weight is 627 g/mol. The van der Waals surface area contributed by atoms with Gasteiger partial charge in [-0.15, -0.1) is 0 Å². The van der Waals surface area contributed by atoms with Gasteiger partial charge < -0.3 is 31.9 Å². The summed E-state index contributed by atoms with van der Waals surface area (Å²) in [4.78, 5) is 78.7. The Kier molecular flexibility index (Phi) is 8.13. The second kappa shape index (κ2) is 12.1. The van der Waals surface area contributed by atoms with Gasteiger partial charge in [0.05, 0.1) is 0 Å². The van der Waals surface area contributed by atoms with Gasteiger partial charge in [0, 0.05) is 24.5 Å². The fourth-order valence-corrected chi connectivity index (χ4v) is 6.49. The first-order valence-corrected chi connectivity index (χ1v) is 15.8. The summed E-state index contributed by atoms with van der Waals surface area (Å²) < 4.78 is 0. The first-order chi connectivity index (χ1) is 22.0. The van der Waals surface area contributed by atoms with Gasteiger partial charge in [-0.1, -0.05) is 36.4 Å². The average Bonchev–Trinajstić information content (AvgIpc) is 3.93. The van der Waals surface area contributed by atoms with Crippen molar-refractivity contribution in [2.45, 2.75) is 63.5 Å². The molecule has 240 valence electrons. The van der Waals surface area contributed by atoms with E-state index >= 15 is 0 Å². The van der Waals surface area contributed by atoms with Crippen LogP contribution < -0.4 is 22.1 Å². The number of hydrogen-bond acceptors (Lipinski definition) is 6. The SMILES string of the molecule is NC(=O)C1(C(=O)N2CCC[C@H]2C(=O)Nc2ccc(/C=C/c3ccc(NC(=O)[C@@H]4CCCN4C(=O)C4(C(N)=O)CC4)cc3)cc2)CC1. The van der Waals surface area contributed by atoms with E-state index < -0.39 is 34.7 Å². The molecule has 0 aromatic heterocycles. The number of likely N-dealkylation sites (tertiary alicyclic amines) is 2. The zero-order valence-corrected chi connectivity index (χ0v) is 25.5. The Bertz CT molecular complexity index is 1490. The molecule has 2 aromatic carbocycles. The molecule has 6 rings (SSSR count). The second-order valence-corrected chi connectivity index (χ2v) is 12.8. The molecule has 2 aliphatic carbocycles. The number of nitrogens with zero attached hydrogens (tertiary/aromatic N) is 2. The largest absolute Gasteiger partial charge is 0.369 e. The van der Waals surface area contributed by atoms with E-state index in [2.05, 4.69) is 10.6 Å². The van der Waals surface area contributed by atoms with Crippen LogP contribution in [0.1, 0.15) is 62.5 Å². The van der Waals surface area contributed by atoms with E-state index in [4.69, 9.17) is 11.5 Å². The molecule has 2 saturated heterocycles. The summed E-state index contributed by atoms with van der Waals surface area (Å²) in [5.74, 6) is -2.49. The van der Waals surface area contributed by atoms with Crippen LogP contribution in [0.4, 0.5) is 11.4 Å². The van der Waals surface area contributed by atoms with Crippen LogP contribution in [0.3, 0.4) is 0 Å². The Labute approximate surface area is 266 Å². The third-order valence-electron chi connectivity index (χ3n) is 9.72. The highest BCUT2D eigenvalue weighted by atomic mass is 16.2. The maximum absolute atomic E-state index is 13.0. The molecule has 6 N–H and O–H groups in total. The van der Waals surface area contributed by atoms with Crippen LogP contribution >= 0.6 is 0 Å². The maximum atomic E-state index is 13.0. The fraction of sp³-hybridized carbons (Fsp3) is 0.412. The predicted molar refractivity (Wildman–Crippen MR) is 170 cm³/mol. The van der Waals surface area contributed by atoms with Crippen molar-refractivity contribution in [1.82, 2.24) is 9.80 Å². The molecular formula is C34H38N6O6. The van der Waals surface area contributed by atoms with Crippen molar-refractivity contribution >= 4 is 59.0 Å². The smallest absolute Gasteiger partial charge is 0.247 e. The van der Waals surface area contributed by atoms with E-state index in [1.807, 2.05) is 36.4 Å². The van der Waals surface area contributed by atoms with Crippen molar-refractivity contribution in [3.63, 3.8) is 0 Å². The van der Waals surface area contributed by atoms with Crippen molar-refractivity contribution < 1.29 is 28.8 Å². The molecule has 2 saturated carbocycles. The van der Waals surface area contributed by atoms with Gasteiger partial charge in [-0.25, -0.2) is 0 Å². The number of nitrogens with one attached hydrogen (secondary N) is 2. The lowest BCUT2D eigenvalue weighted by molar-refractivity contribution is -0.146. The van der Waals surface area contributed by atoms with Gasteiger partial charge in [0.1, 0.15) is 22.9 Å². The number of hydrogen-bond donors (Lipinski definition) is 4. The highest BCUT2D eigenvalue weighted by molar-refractivity contribution is 6.10. The van der Waals surface area contributed by atoms with Crippen LogP contribution in [0.5, 0.6) is 0 Å².